The summed E-state index contributed by atoms with van der Waals surface area (Å²) in [6.07, 6.45) is 0.692. The lowest BCUT2D eigenvalue weighted by Crippen LogP contribution is -2.27. The van der Waals surface area contributed by atoms with Crippen molar-refractivity contribution >= 4 is 22.9 Å². The Morgan fingerprint density at radius 2 is 2.08 bits per heavy atom. The lowest BCUT2D eigenvalue weighted by molar-refractivity contribution is 0.373. The molecule has 3 nitrogen and oxygen atoms in total. The first-order chi connectivity index (χ1) is 5.34. The molecule has 0 aliphatic rings. The second kappa shape index (κ2) is 5.17. The molecule has 5 heteroatoms. The third kappa shape index (κ3) is 5.94. The lowest BCUT2D eigenvalue weighted by atomic mass is 9.90. The number of hydrogen-bond acceptors (Lipinski definition) is 1. The summed E-state index contributed by atoms with van der Waals surface area (Å²) in [5.74, 6) is 0. The topological polar surface area (TPSA) is 49.3 Å². The average Bonchev–Trinajstić information content (AvgIpc) is 1.84. The van der Waals surface area contributed by atoms with Crippen LogP contribution >= 0.6 is 11.6 Å². The van der Waals surface area contributed by atoms with Crippen LogP contribution in [0.3, 0.4) is 0 Å². The van der Waals surface area contributed by atoms with Crippen molar-refractivity contribution in [3.8, 4) is 0 Å². The van der Waals surface area contributed by atoms with E-state index in [4.69, 9.17) is 16.2 Å². The summed E-state index contributed by atoms with van der Waals surface area (Å²) in [6, 6.07) is 0. The summed E-state index contributed by atoms with van der Waals surface area (Å²) in [6.45, 7) is 6.59. The fourth-order valence-corrected chi connectivity index (χ4v) is 1.11. The van der Waals surface area contributed by atoms with E-state index >= 15 is 0 Å². The summed E-state index contributed by atoms with van der Waals surface area (Å²) in [4.78, 5) is 0. The van der Waals surface area contributed by atoms with E-state index in [1.54, 1.807) is 0 Å². The van der Waals surface area contributed by atoms with Crippen molar-refractivity contribution in [2.24, 2.45) is 5.41 Å². The van der Waals surface area contributed by atoms with E-state index in [1.165, 1.54) is 0 Å². The zero-order valence-electron chi connectivity index (χ0n) is 7.63. The van der Waals surface area contributed by atoms with Crippen LogP contribution in [0.15, 0.2) is 0 Å². The summed E-state index contributed by atoms with van der Waals surface area (Å²) < 4.78 is 21.0. The van der Waals surface area contributed by atoms with Gasteiger partial charge in [0.15, 0.2) is 0 Å². The molecule has 2 unspecified atom stereocenters. The Morgan fingerprint density at radius 3 is 2.42 bits per heavy atom. The molecule has 0 radical (unpaired) electrons. The molecule has 0 heterocycles. The largest absolute Gasteiger partial charge is 0.294 e. The van der Waals surface area contributed by atoms with Gasteiger partial charge in [-0.3, -0.25) is 4.55 Å². The first kappa shape index (κ1) is 12.4. The quantitative estimate of drug-likeness (QED) is 0.552. The van der Waals surface area contributed by atoms with Crippen molar-refractivity contribution < 1.29 is 8.76 Å². The Labute approximate surface area is 81.3 Å². The SMILES string of the molecule is CC(C)(C)C(Cl)CCNS(=O)O. The minimum absolute atomic E-state index is 0.0218. The molecule has 0 aromatic carbocycles. The van der Waals surface area contributed by atoms with Gasteiger partial charge in [-0.25, -0.2) is 8.93 Å². The number of halogens is 1. The molecule has 0 aliphatic heterocycles. The van der Waals surface area contributed by atoms with Crippen molar-refractivity contribution in [3.05, 3.63) is 0 Å². The van der Waals surface area contributed by atoms with Gasteiger partial charge in [-0.2, -0.15) is 0 Å². The van der Waals surface area contributed by atoms with E-state index in [2.05, 4.69) is 4.72 Å². The van der Waals surface area contributed by atoms with Crippen LogP contribution in [0, 0.1) is 5.41 Å². The monoisotopic (exact) mass is 213 g/mol. The van der Waals surface area contributed by atoms with Crippen molar-refractivity contribution in [2.45, 2.75) is 32.6 Å². The van der Waals surface area contributed by atoms with E-state index in [0.29, 0.717) is 13.0 Å². The minimum Gasteiger partial charge on any atom is -0.294 e. The zero-order chi connectivity index (χ0) is 9.78. The molecular weight excluding hydrogens is 198 g/mol. The van der Waals surface area contributed by atoms with Gasteiger partial charge in [0.2, 0.25) is 11.3 Å². The predicted molar refractivity (Wildman–Crippen MR) is 52.5 cm³/mol. The van der Waals surface area contributed by atoms with Crippen LogP contribution in [0.4, 0.5) is 0 Å². The van der Waals surface area contributed by atoms with Crippen molar-refractivity contribution in [1.82, 2.24) is 4.72 Å². The molecule has 0 aromatic heterocycles. The maximum Gasteiger partial charge on any atom is 0.231 e. The van der Waals surface area contributed by atoms with Gasteiger partial charge >= 0.3 is 0 Å². The first-order valence-electron chi connectivity index (χ1n) is 3.82. The van der Waals surface area contributed by atoms with Crippen LogP contribution in [-0.2, 0) is 11.3 Å². The predicted octanol–water partition coefficient (Wildman–Crippen LogP) is 1.76. The molecule has 0 bridgehead atoms. The summed E-state index contributed by atoms with van der Waals surface area (Å²) >= 11 is 4.10. The number of alkyl halides is 1. The van der Waals surface area contributed by atoms with Gasteiger partial charge in [-0.15, -0.1) is 11.6 Å². The smallest absolute Gasteiger partial charge is 0.231 e. The third-order valence-corrected chi connectivity index (χ3v) is 2.89. The zero-order valence-corrected chi connectivity index (χ0v) is 9.21. The number of hydrogen-bond donors (Lipinski definition) is 2. The van der Waals surface area contributed by atoms with Gasteiger partial charge in [-0.1, -0.05) is 20.8 Å². The van der Waals surface area contributed by atoms with Gasteiger partial charge in [0.1, 0.15) is 0 Å². The molecule has 2 atom stereocenters. The second-order valence-electron chi connectivity index (χ2n) is 3.77. The fraction of sp³-hybridized carbons (Fsp3) is 1.00. The Bertz CT molecular complexity index is 158. The van der Waals surface area contributed by atoms with E-state index in [-0.39, 0.29) is 10.8 Å². The van der Waals surface area contributed by atoms with Crippen LogP contribution in [0.2, 0.25) is 0 Å². The standard InChI is InChI=1S/C7H16ClNO2S/c1-7(2,3)6(8)4-5-9-12(10)11/h6,9H,4-5H2,1-3H3,(H,10,11). The Balaban J connectivity index is 3.58. The molecule has 12 heavy (non-hydrogen) atoms. The highest BCUT2D eigenvalue weighted by Crippen LogP contribution is 2.26. The van der Waals surface area contributed by atoms with Crippen LogP contribution in [-0.4, -0.2) is 20.7 Å². The van der Waals surface area contributed by atoms with E-state index in [0.717, 1.165) is 0 Å². The third-order valence-electron chi connectivity index (χ3n) is 1.56. The molecular formula is C7H16ClNO2S. The van der Waals surface area contributed by atoms with E-state index < -0.39 is 11.3 Å². The second-order valence-corrected chi connectivity index (χ2v) is 5.08. The van der Waals surface area contributed by atoms with E-state index in [9.17, 15) is 4.21 Å². The normalized spacial score (nSPS) is 17.4. The first-order valence-corrected chi connectivity index (χ1v) is 5.37. The highest BCUT2D eigenvalue weighted by atomic mass is 35.5. The average molecular weight is 214 g/mol. The lowest BCUT2D eigenvalue weighted by Gasteiger charge is -2.24. The molecule has 74 valence electrons. The fourth-order valence-electron chi connectivity index (χ4n) is 0.706. The van der Waals surface area contributed by atoms with Crippen LogP contribution < -0.4 is 4.72 Å². The number of nitrogens with one attached hydrogen (secondary N) is 1. The molecule has 0 spiro atoms. The van der Waals surface area contributed by atoms with Crippen LogP contribution in [0.25, 0.3) is 0 Å². The Morgan fingerprint density at radius 1 is 1.58 bits per heavy atom. The highest BCUT2D eigenvalue weighted by Gasteiger charge is 2.21. The minimum atomic E-state index is -1.92. The Hall–Kier alpha value is 0.360. The van der Waals surface area contributed by atoms with Crippen LogP contribution in [0.5, 0.6) is 0 Å². The van der Waals surface area contributed by atoms with Gasteiger partial charge in [-0.05, 0) is 11.8 Å². The maximum absolute atomic E-state index is 10.2. The molecule has 0 fully saturated rings. The molecule has 0 saturated heterocycles. The molecule has 0 rings (SSSR count). The van der Waals surface area contributed by atoms with Crippen molar-refractivity contribution in [3.63, 3.8) is 0 Å². The van der Waals surface area contributed by atoms with Gasteiger partial charge in [0.25, 0.3) is 0 Å². The number of rotatable bonds is 4. The maximum atomic E-state index is 10.2. The highest BCUT2D eigenvalue weighted by molar-refractivity contribution is 7.77. The van der Waals surface area contributed by atoms with Crippen LogP contribution in [0.1, 0.15) is 27.2 Å². The molecule has 0 saturated carbocycles. The van der Waals surface area contributed by atoms with Gasteiger partial charge in [0, 0.05) is 11.9 Å². The molecule has 0 aromatic rings. The molecule has 0 aliphatic carbocycles. The van der Waals surface area contributed by atoms with Gasteiger partial charge < -0.3 is 0 Å². The summed E-state index contributed by atoms with van der Waals surface area (Å²) in [5, 5.41) is 0.0218. The summed E-state index contributed by atoms with van der Waals surface area (Å²) in [5.41, 5.74) is 0.0418. The molecule has 0 amide bonds. The van der Waals surface area contributed by atoms with Gasteiger partial charge in [0.05, 0.1) is 0 Å². The van der Waals surface area contributed by atoms with Crippen molar-refractivity contribution in [1.29, 1.82) is 0 Å². The summed E-state index contributed by atoms with van der Waals surface area (Å²) in [7, 11) is 0. The Kier molecular flexibility index (Phi) is 5.32. The molecule has 2 N–H and O–H groups in total. The van der Waals surface area contributed by atoms with E-state index in [1.807, 2.05) is 20.8 Å². The van der Waals surface area contributed by atoms with Crippen molar-refractivity contribution in [2.75, 3.05) is 6.54 Å².